The van der Waals surface area contributed by atoms with E-state index >= 15 is 0 Å². The van der Waals surface area contributed by atoms with E-state index in [9.17, 15) is 9.90 Å². The Labute approximate surface area is 146 Å². The molecule has 1 saturated heterocycles. The SMILES string of the molecule is CC(O)C1CCN(C(=O)c2c(-n3cccc3)sc3c2CCC3)CC1. The van der Waals surface area contributed by atoms with Gasteiger partial charge in [-0.25, -0.2) is 0 Å². The second kappa shape index (κ2) is 6.37. The summed E-state index contributed by atoms with van der Waals surface area (Å²) < 4.78 is 2.08. The second-order valence-electron chi connectivity index (χ2n) is 7.00. The Balaban J connectivity index is 1.63. The van der Waals surface area contributed by atoms with Gasteiger partial charge >= 0.3 is 0 Å². The first-order valence-corrected chi connectivity index (χ1v) is 9.72. The highest BCUT2D eigenvalue weighted by Crippen LogP contribution is 2.39. The third kappa shape index (κ3) is 2.70. The predicted molar refractivity (Wildman–Crippen MR) is 96.0 cm³/mol. The molecule has 0 spiro atoms. The zero-order valence-corrected chi connectivity index (χ0v) is 14.9. The topological polar surface area (TPSA) is 45.5 Å². The van der Waals surface area contributed by atoms with Crippen molar-refractivity contribution in [2.75, 3.05) is 13.1 Å². The second-order valence-corrected chi connectivity index (χ2v) is 8.08. The fourth-order valence-electron chi connectivity index (χ4n) is 4.01. The number of rotatable bonds is 3. The van der Waals surface area contributed by atoms with Crippen molar-refractivity contribution in [3.05, 3.63) is 40.5 Å². The van der Waals surface area contributed by atoms with Crippen molar-refractivity contribution < 1.29 is 9.90 Å². The van der Waals surface area contributed by atoms with Crippen LogP contribution in [0.2, 0.25) is 0 Å². The van der Waals surface area contributed by atoms with E-state index in [4.69, 9.17) is 0 Å². The lowest BCUT2D eigenvalue weighted by Gasteiger charge is -2.33. The van der Waals surface area contributed by atoms with Crippen LogP contribution >= 0.6 is 11.3 Å². The quantitative estimate of drug-likeness (QED) is 0.929. The summed E-state index contributed by atoms with van der Waals surface area (Å²) in [4.78, 5) is 16.7. The van der Waals surface area contributed by atoms with Crippen LogP contribution < -0.4 is 0 Å². The van der Waals surface area contributed by atoms with E-state index in [-0.39, 0.29) is 12.0 Å². The van der Waals surface area contributed by atoms with E-state index in [0.29, 0.717) is 5.92 Å². The summed E-state index contributed by atoms with van der Waals surface area (Å²) in [5.41, 5.74) is 2.21. The largest absolute Gasteiger partial charge is 0.393 e. The van der Waals surface area contributed by atoms with Gasteiger partial charge in [0.05, 0.1) is 11.7 Å². The number of aryl methyl sites for hydroxylation is 1. The van der Waals surface area contributed by atoms with E-state index in [1.54, 1.807) is 11.3 Å². The molecule has 1 N–H and O–H groups in total. The molecule has 1 aliphatic carbocycles. The molecule has 1 amide bonds. The van der Waals surface area contributed by atoms with Gasteiger partial charge in [0.25, 0.3) is 5.91 Å². The van der Waals surface area contributed by atoms with Gasteiger partial charge in [-0.1, -0.05) is 0 Å². The fourth-order valence-corrected chi connectivity index (χ4v) is 5.35. The van der Waals surface area contributed by atoms with Crippen molar-refractivity contribution in [1.82, 2.24) is 9.47 Å². The summed E-state index contributed by atoms with van der Waals surface area (Å²) in [6.07, 6.45) is 8.86. The molecular weight excluding hydrogens is 320 g/mol. The maximum Gasteiger partial charge on any atom is 0.257 e. The van der Waals surface area contributed by atoms with Gasteiger partial charge in [0, 0.05) is 30.4 Å². The number of carbonyl (C=O) groups is 1. The Morgan fingerprint density at radius 3 is 2.62 bits per heavy atom. The maximum absolute atomic E-state index is 13.3. The number of nitrogens with zero attached hydrogens (tertiary/aromatic N) is 2. The molecule has 0 radical (unpaired) electrons. The summed E-state index contributed by atoms with van der Waals surface area (Å²) in [6, 6.07) is 4.01. The summed E-state index contributed by atoms with van der Waals surface area (Å²) in [7, 11) is 0. The van der Waals surface area contributed by atoms with E-state index < -0.39 is 0 Å². The molecule has 2 aromatic heterocycles. The van der Waals surface area contributed by atoms with Crippen LogP contribution in [-0.4, -0.2) is 39.7 Å². The number of hydrogen-bond donors (Lipinski definition) is 1. The van der Waals surface area contributed by atoms with Gasteiger partial charge in [-0.3, -0.25) is 4.79 Å². The van der Waals surface area contributed by atoms with Crippen molar-refractivity contribution in [1.29, 1.82) is 0 Å². The third-order valence-electron chi connectivity index (χ3n) is 5.46. The number of aliphatic hydroxyl groups is 1. The first-order valence-electron chi connectivity index (χ1n) is 8.90. The van der Waals surface area contributed by atoms with Crippen LogP contribution in [0.4, 0.5) is 0 Å². The fraction of sp³-hybridized carbons (Fsp3) is 0.526. The predicted octanol–water partition coefficient (Wildman–Crippen LogP) is 3.26. The van der Waals surface area contributed by atoms with E-state index in [0.717, 1.165) is 55.8 Å². The zero-order valence-electron chi connectivity index (χ0n) is 14.1. The summed E-state index contributed by atoms with van der Waals surface area (Å²) in [5.74, 6) is 0.508. The van der Waals surface area contributed by atoms with Gasteiger partial charge in [-0.15, -0.1) is 11.3 Å². The first-order chi connectivity index (χ1) is 11.6. The van der Waals surface area contributed by atoms with Crippen molar-refractivity contribution in [2.45, 2.75) is 45.1 Å². The molecule has 1 aliphatic heterocycles. The van der Waals surface area contributed by atoms with Gasteiger partial charge in [-0.05, 0) is 62.6 Å². The van der Waals surface area contributed by atoms with E-state index in [1.807, 2.05) is 36.4 Å². The number of aliphatic hydroxyl groups excluding tert-OH is 1. The Morgan fingerprint density at radius 2 is 1.96 bits per heavy atom. The summed E-state index contributed by atoms with van der Waals surface area (Å²) in [5, 5.41) is 10.9. The molecule has 5 heteroatoms. The highest BCUT2D eigenvalue weighted by Gasteiger charge is 2.32. The average Bonchev–Trinajstić information content (AvgIpc) is 3.30. The Bertz CT molecular complexity index is 725. The minimum absolute atomic E-state index is 0.183. The average molecular weight is 344 g/mol. The Morgan fingerprint density at radius 1 is 1.25 bits per heavy atom. The molecule has 0 saturated carbocycles. The van der Waals surface area contributed by atoms with Crippen molar-refractivity contribution >= 4 is 17.2 Å². The number of hydrogen-bond acceptors (Lipinski definition) is 3. The zero-order chi connectivity index (χ0) is 16.7. The smallest absolute Gasteiger partial charge is 0.257 e. The molecule has 1 unspecified atom stereocenters. The number of amides is 1. The van der Waals surface area contributed by atoms with Crippen LogP contribution in [0.15, 0.2) is 24.5 Å². The van der Waals surface area contributed by atoms with Gasteiger partial charge < -0.3 is 14.6 Å². The number of piperidine rings is 1. The molecule has 2 aliphatic rings. The van der Waals surface area contributed by atoms with Gasteiger partial charge in [-0.2, -0.15) is 0 Å². The number of fused-ring (bicyclic) bond motifs is 1. The maximum atomic E-state index is 13.3. The molecule has 128 valence electrons. The summed E-state index contributed by atoms with van der Waals surface area (Å²) >= 11 is 1.78. The van der Waals surface area contributed by atoms with Crippen LogP contribution in [0.1, 0.15) is 47.0 Å². The molecule has 0 aromatic carbocycles. The normalized spacial score (nSPS) is 19.5. The highest BCUT2D eigenvalue weighted by atomic mass is 32.1. The third-order valence-corrected chi connectivity index (χ3v) is 6.77. The Kier molecular flexibility index (Phi) is 4.22. The van der Waals surface area contributed by atoms with Crippen LogP contribution in [-0.2, 0) is 12.8 Å². The molecule has 4 rings (SSSR count). The van der Waals surface area contributed by atoms with Gasteiger partial charge in [0.1, 0.15) is 5.00 Å². The minimum Gasteiger partial charge on any atom is -0.393 e. The molecule has 3 heterocycles. The van der Waals surface area contributed by atoms with Crippen molar-refractivity contribution in [3.8, 4) is 5.00 Å². The first kappa shape index (κ1) is 15.9. The number of thiophene rings is 1. The number of carbonyl (C=O) groups excluding carboxylic acids is 1. The minimum atomic E-state index is -0.275. The standard InChI is InChI=1S/C19H24N2O2S/c1-13(22)14-7-11-20(12-8-14)18(23)17-15-5-4-6-16(15)24-19(17)21-9-2-3-10-21/h2-3,9-10,13-14,22H,4-8,11-12H2,1H3. The summed E-state index contributed by atoms with van der Waals surface area (Å²) in [6.45, 7) is 3.37. The van der Waals surface area contributed by atoms with Crippen molar-refractivity contribution in [3.63, 3.8) is 0 Å². The lowest BCUT2D eigenvalue weighted by molar-refractivity contribution is 0.0521. The van der Waals surface area contributed by atoms with Crippen LogP contribution in [0.25, 0.3) is 5.00 Å². The number of aromatic nitrogens is 1. The molecule has 1 atom stereocenters. The van der Waals surface area contributed by atoms with Crippen molar-refractivity contribution in [2.24, 2.45) is 5.92 Å². The van der Waals surface area contributed by atoms with Crippen LogP contribution in [0.3, 0.4) is 0 Å². The van der Waals surface area contributed by atoms with Gasteiger partial charge in [0.15, 0.2) is 0 Å². The lowest BCUT2D eigenvalue weighted by atomic mass is 9.92. The molecule has 2 aromatic rings. The monoisotopic (exact) mass is 344 g/mol. The van der Waals surface area contributed by atoms with E-state index in [1.165, 1.54) is 10.4 Å². The van der Waals surface area contributed by atoms with Gasteiger partial charge in [0.2, 0.25) is 0 Å². The molecule has 24 heavy (non-hydrogen) atoms. The molecular formula is C19H24N2O2S. The lowest BCUT2D eigenvalue weighted by Crippen LogP contribution is -2.41. The molecule has 1 fully saturated rings. The van der Waals surface area contributed by atoms with E-state index in [2.05, 4.69) is 4.57 Å². The number of likely N-dealkylation sites (tertiary alicyclic amines) is 1. The molecule has 0 bridgehead atoms. The van der Waals surface area contributed by atoms with Crippen LogP contribution in [0.5, 0.6) is 0 Å². The highest BCUT2D eigenvalue weighted by molar-refractivity contribution is 7.15. The Hall–Kier alpha value is -1.59. The molecule has 4 nitrogen and oxygen atoms in total. The van der Waals surface area contributed by atoms with Crippen LogP contribution in [0, 0.1) is 5.92 Å².